The molecule has 0 aliphatic carbocycles. The Morgan fingerprint density at radius 1 is 1.86 bits per heavy atom. The summed E-state index contributed by atoms with van der Waals surface area (Å²) in [5, 5.41) is 6.49. The van der Waals surface area contributed by atoms with Crippen LogP contribution in [0.4, 0.5) is 0 Å². The molecule has 0 amide bonds. The molecule has 0 aliphatic heterocycles. The van der Waals surface area contributed by atoms with Gasteiger partial charge in [-0.2, -0.15) is 0 Å². The van der Waals surface area contributed by atoms with Crippen LogP contribution in [0.15, 0.2) is 0 Å². The zero-order chi connectivity index (χ0) is 5.70. The summed E-state index contributed by atoms with van der Waals surface area (Å²) >= 11 is 0. The Bertz CT molecular complexity index is 54.0. The Morgan fingerprint density at radius 2 is 2.43 bits per heavy atom. The van der Waals surface area contributed by atoms with E-state index in [0.29, 0.717) is 0 Å². The monoisotopic (exact) mass is 101 g/mol. The summed E-state index contributed by atoms with van der Waals surface area (Å²) in [5.74, 6) is 0. The van der Waals surface area contributed by atoms with Crippen LogP contribution in [0.1, 0.15) is 20.3 Å². The fraction of sp³-hybridized carbons (Fsp3) is 0.800. The summed E-state index contributed by atoms with van der Waals surface area (Å²) in [6.45, 7) is 3.96. The van der Waals surface area contributed by atoms with Crippen LogP contribution in [0, 0.1) is 5.41 Å². The van der Waals surface area contributed by atoms with Crippen molar-refractivity contribution < 1.29 is 4.74 Å². The highest BCUT2D eigenvalue weighted by Gasteiger charge is 1.91. The highest BCUT2D eigenvalue weighted by Crippen LogP contribution is 1.90. The zero-order valence-corrected chi connectivity index (χ0v) is 4.77. The SMILES string of the molecule is CCC(C)OC=N. The average molecular weight is 101 g/mol. The molecular formula is C5H11NO. The largest absolute Gasteiger partial charge is 0.481 e. The topological polar surface area (TPSA) is 33.1 Å². The van der Waals surface area contributed by atoms with Gasteiger partial charge in [0, 0.05) is 0 Å². The molecule has 0 saturated carbocycles. The second-order valence-electron chi connectivity index (χ2n) is 1.47. The molecule has 42 valence electrons. The minimum atomic E-state index is 0.206. The summed E-state index contributed by atoms with van der Waals surface area (Å²) in [4.78, 5) is 0. The summed E-state index contributed by atoms with van der Waals surface area (Å²) < 4.78 is 4.73. The van der Waals surface area contributed by atoms with Crippen molar-refractivity contribution in [1.82, 2.24) is 0 Å². The Balaban J connectivity index is 2.98. The quantitative estimate of drug-likeness (QED) is 0.423. The van der Waals surface area contributed by atoms with Gasteiger partial charge in [-0.1, -0.05) is 6.92 Å². The van der Waals surface area contributed by atoms with Crippen LogP contribution >= 0.6 is 0 Å². The summed E-state index contributed by atoms with van der Waals surface area (Å²) in [7, 11) is 0. The fourth-order valence-corrected chi connectivity index (χ4v) is 0.212. The van der Waals surface area contributed by atoms with Crippen LogP contribution < -0.4 is 0 Å². The van der Waals surface area contributed by atoms with Crippen LogP contribution in [0.5, 0.6) is 0 Å². The van der Waals surface area contributed by atoms with Gasteiger partial charge in [-0.05, 0) is 13.3 Å². The van der Waals surface area contributed by atoms with Gasteiger partial charge in [-0.25, -0.2) is 0 Å². The molecule has 0 radical (unpaired) electrons. The zero-order valence-electron chi connectivity index (χ0n) is 4.77. The van der Waals surface area contributed by atoms with E-state index in [1.165, 1.54) is 0 Å². The van der Waals surface area contributed by atoms with E-state index < -0.39 is 0 Å². The van der Waals surface area contributed by atoms with Crippen LogP contribution in [0.2, 0.25) is 0 Å². The van der Waals surface area contributed by atoms with Crippen LogP contribution in [-0.2, 0) is 4.74 Å². The lowest BCUT2D eigenvalue weighted by molar-refractivity contribution is 0.214. The summed E-state index contributed by atoms with van der Waals surface area (Å²) in [5.41, 5.74) is 0. The molecule has 0 heterocycles. The van der Waals surface area contributed by atoms with E-state index in [4.69, 9.17) is 10.1 Å². The number of hydrogen-bond donors (Lipinski definition) is 1. The molecule has 7 heavy (non-hydrogen) atoms. The maximum absolute atomic E-state index is 6.49. The molecule has 2 heteroatoms. The molecule has 0 aromatic carbocycles. The third kappa shape index (κ3) is 3.30. The van der Waals surface area contributed by atoms with Crippen molar-refractivity contribution in [2.45, 2.75) is 26.4 Å². The van der Waals surface area contributed by atoms with E-state index in [-0.39, 0.29) is 6.10 Å². The van der Waals surface area contributed by atoms with E-state index in [1.807, 2.05) is 13.8 Å². The second kappa shape index (κ2) is 3.65. The van der Waals surface area contributed by atoms with Crippen molar-refractivity contribution in [1.29, 1.82) is 5.41 Å². The summed E-state index contributed by atoms with van der Waals surface area (Å²) in [6.07, 6.45) is 2.15. The molecule has 0 aromatic heterocycles. The highest BCUT2D eigenvalue weighted by atomic mass is 16.5. The van der Waals surface area contributed by atoms with Crippen molar-refractivity contribution in [3.63, 3.8) is 0 Å². The van der Waals surface area contributed by atoms with Gasteiger partial charge in [0.1, 0.15) is 0 Å². The lowest BCUT2D eigenvalue weighted by atomic mass is 10.3. The summed E-state index contributed by atoms with van der Waals surface area (Å²) in [6, 6.07) is 0. The number of hydrogen-bond acceptors (Lipinski definition) is 2. The molecular weight excluding hydrogens is 90.1 g/mol. The van der Waals surface area contributed by atoms with Gasteiger partial charge in [0.2, 0.25) is 0 Å². The Hall–Kier alpha value is -0.530. The normalized spacial score (nSPS) is 12.9. The minimum Gasteiger partial charge on any atom is -0.481 e. The van der Waals surface area contributed by atoms with Gasteiger partial charge in [0.25, 0.3) is 0 Å². The number of ether oxygens (including phenoxy) is 1. The lowest BCUT2D eigenvalue weighted by Gasteiger charge is -2.03. The Labute approximate surface area is 44.0 Å². The third-order valence-corrected chi connectivity index (χ3v) is 0.875. The van der Waals surface area contributed by atoms with Crippen molar-refractivity contribution in [2.24, 2.45) is 0 Å². The molecule has 2 nitrogen and oxygen atoms in total. The van der Waals surface area contributed by atoms with Gasteiger partial charge in [-0.3, -0.25) is 5.41 Å². The Morgan fingerprint density at radius 3 is 2.57 bits per heavy atom. The highest BCUT2D eigenvalue weighted by molar-refractivity contribution is 5.41. The molecule has 1 unspecified atom stereocenters. The molecule has 0 saturated heterocycles. The van der Waals surface area contributed by atoms with Crippen LogP contribution in [0.3, 0.4) is 0 Å². The average Bonchev–Trinajstić information content (AvgIpc) is 1.68. The van der Waals surface area contributed by atoms with Gasteiger partial charge in [0.15, 0.2) is 6.40 Å². The van der Waals surface area contributed by atoms with Crippen molar-refractivity contribution >= 4 is 6.40 Å². The predicted molar refractivity (Wildman–Crippen MR) is 29.6 cm³/mol. The molecule has 1 N–H and O–H groups in total. The standard InChI is InChI=1S/C5H11NO/c1-3-5(2)7-4-6/h4-6H,3H2,1-2H3. The first-order valence-electron chi connectivity index (χ1n) is 2.45. The predicted octanol–water partition coefficient (Wildman–Crippen LogP) is 1.41. The van der Waals surface area contributed by atoms with Crippen LogP contribution in [-0.4, -0.2) is 12.5 Å². The minimum absolute atomic E-state index is 0.206. The third-order valence-electron chi connectivity index (χ3n) is 0.875. The fourth-order valence-electron chi connectivity index (χ4n) is 0.212. The maximum Gasteiger partial charge on any atom is 0.167 e. The van der Waals surface area contributed by atoms with Gasteiger partial charge < -0.3 is 4.74 Å². The van der Waals surface area contributed by atoms with E-state index in [1.54, 1.807) is 0 Å². The maximum atomic E-state index is 6.49. The molecule has 0 aliphatic rings. The van der Waals surface area contributed by atoms with E-state index in [2.05, 4.69) is 0 Å². The molecule has 0 rings (SSSR count). The molecule has 1 atom stereocenters. The number of rotatable bonds is 3. The van der Waals surface area contributed by atoms with E-state index in [0.717, 1.165) is 12.8 Å². The molecule has 0 fully saturated rings. The van der Waals surface area contributed by atoms with Crippen LogP contribution in [0.25, 0.3) is 0 Å². The van der Waals surface area contributed by atoms with Gasteiger partial charge in [0.05, 0.1) is 6.10 Å². The smallest absolute Gasteiger partial charge is 0.167 e. The van der Waals surface area contributed by atoms with Crippen molar-refractivity contribution in [3.8, 4) is 0 Å². The first kappa shape index (κ1) is 6.47. The van der Waals surface area contributed by atoms with Crippen molar-refractivity contribution in [3.05, 3.63) is 0 Å². The van der Waals surface area contributed by atoms with Gasteiger partial charge in [-0.15, -0.1) is 0 Å². The van der Waals surface area contributed by atoms with E-state index in [9.17, 15) is 0 Å². The molecule has 0 bridgehead atoms. The first-order chi connectivity index (χ1) is 3.31. The lowest BCUT2D eigenvalue weighted by Crippen LogP contribution is -2.02. The van der Waals surface area contributed by atoms with E-state index >= 15 is 0 Å². The van der Waals surface area contributed by atoms with Gasteiger partial charge >= 0.3 is 0 Å². The second-order valence-corrected chi connectivity index (χ2v) is 1.47. The van der Waals surface area contributed by atoms with Crippen molar-refractivity contribution in [2.75, 3.05) is 0 Å². The first-order valence-corrected chi connectivity index (χ1v) is 2.45. The Kier molecular flexibility index (Phi) is 3.38. The molecule has 0 aromatic rings. The molecule has 0 spiro atoms. The number of nitrogens with one attached hydrogen (secondary N) is 1.